The van der Waals surface area contributed by atoms with Crippen LogP contribution in [0.1, 0.15) is 29.2 Å². The molecule has 1 aromatic rings. The molecule has 3 N–H and O–H groups in total. The molecule has 0 aliphatic heterocycles. The van der Waals surface area contributed by atoms with Crippen LogP contribution in [0.25, 0.3) is 0 Å². The molecule has 0 fully saturated rings. The number of hydrogen-bond donors (Lipinski definition) is 3. The van der Waals surface area contributed by atoms with Crippen LogP contribution in [0.4, 0.5) is 0 Å². The van der Waals surface area contributed by atoms with Crippen LogP contribution in [0.15, 0.2) is 18.2 Å². The van der Waals surface area contributed by atoms with Gasteiger partial charge in [-0.3, -0.25) is 0 Å². The molecule has 3 heteroatoms. The molecule has 16 heavy (non-hydrogen) atoms. The Bertz CT molecular complexity index is 352. The molecule has 0 saturated carbocycles. The Kier molecular flexibility index (Phi) is 3.93. The van der Waals surface area contributed by atoms with Gasteiger partial charge in [0.15, 0.2) is 0 Å². The molecule has 0 amide bonds. The fraction of sp³-hybridized carbons (Fsp3) is 0.538. The lowest BCUT2D eigenvalue weighted by atomic mass is 10.0. The number of nitrogens with one attached hydrogen (secondary N) is 1. The molecule has 1 aliphatic carbocycles. The molecule has 1 aliphatic rings. The van der Waals surface area contributed by atoms with E-state index in [0.717, 1.165) is 12.0 Å². The number of aliphatic hydroxyl groups is 2. The maximum Gasteiger partial charge on any atom is 0.0914 e. The topological polar surface area (TPSA) is 52.5 Å². The third-order valence-corrected chi connectivity index (χ3v) is 3.13. The molecule has 1 aromatic carbocycles. The molecule has 0 bridgehead atoms. The highest BCUT2D eigenvalue weighted by Crippen LogP contribution is 2.25. The largest absolute Gasteiger partial charge is 0.395 e. The number of fused-ring (bicyclic) bond motifs is 1. The van der Waals surface area contributed by atoms with Gasteiger partial charge in [-0.05, 0) is 36.0 Å². The fourth-order valence-corrected chi connectivity index (χ4v) is 2.23. The van der Waals surface area contributed by atoms with Crippen molar-refractivity contribution in [1.82, 2.24) is 5.32 Å². The molecule has 88 valence electrons. The maximum atomic E-state index is 9.93. The van der Waals surface area contributed by atoms with Crippen molar-refractivity contribution in [3.63, 3.8) is 0 Å². The average molecular weight is 221 g/mol. The van der Waals surface area contributed by atoms with Gasteiger partial charge in [-0.2, -0.15) is 0 Å². The number of benzene rings is 1. The van der Waals surface area contributed by atoms with Gasteiger partial charge in [0, 0.05) is 13.1 Å². The van der Waals surface area contributed by atoms with E-state index in [4.69, 9.17) is 5.11 Å². The monoisotopic (exact) mass is 221 g/mol. The zero-order chi connectivity index (χ0) is 11.4. The molecule has 3 nitrogen and oxygen atoms in total. The summed E-state index contributed by atoms with van der Waals surface area (Å²) in [6.07, 6.45) is 3.07. The number of aliphatic hydroxyl groups excluding tert-OH is 2. The van der Waals surface area contributed by atoms with Gasteiger partial charge in [0.25, 0.3) is 0 Å². The normalized spacial score (nSPS) is 16.1. The second kappa shape index (κ2) is 5.43. The van der Waals surface area contributed by atoms with Crippen LogP contribution in [0.3, 0.4) is 0 Å². The van der Waals surface area contributed by atoms with E-state index in [0.29, 0.717) is 13.1 Å². The Balaban J connectivity index is 1.98. The lowest BCUT2D eigenvalue weighted by Crippen LogP contribution is -2.24. The molecular formula is C13H19NO2. The van der Waals surface area contributed by atoms with Gasteiger partial charge in [-0.15, -0.1) is 0 Å². The quantitative estimate of drug-likeness (QED) is 0.644. The standard InChI is InChI=1S/C13H19NO2/c15-7-6-14-9-13(16)12-5-4-10-2-1-3-11(10)8-12/h4-5,8,13-16H,1-3,6-7,9H2. The smallest absolute Gasteiger partial charge is 0.0914 e. The summed E-state index contributed by atoms with van der Waals surface area (Å²) in [5.41, 5.74) is 3.80. The SMILES string of the molecule is OCCNCC(O)c1ccc2c(c1)CCC2. The van der Waals surface area contributed by atoms with Crippen LogP contribution in [-0.2, 0) is 12.8 Å². The second-order valence-electron chi connectivity index (χ2n) is 4.33. The zero-order valence-electron chi connectivity index (χ0n) is 9.45. The molecule has 0 heterocycles. The Morgan fingerprint density at radius 2 is 2.06 bits per heavy atom. The van der Waals surface area contributed by atoms with Crippen molar-refractivity contribution >= 4 is 0 Å². The highest BCUT2D eigenvalue weighted by molar-refractivity contribution is 5.36. The molecule has 0 saturated heterocycles. The van der Waals surface area contributed by atoms with E-state index in [9.17, 15) is 5.11 Å². The van der Waals surface area contributed by atoms with Crippen molar-refractivity contribution in [3.8, 4) is 0 Å². The van der Waals surface area contributed by atoms with Crippen LogP contribution in [0, 0.1) is 0 Å². The van der Waals surface area contributed by atoms with Crippen molar-refractivity contribution in [3.05, 3.63) is 34.9 Å². The van der Waals surface area contributed by atoms with Crippen molar-refractivity contribution in [2.45, 2.75) is 25.4 Å². The van der Waals surface area contributed by atoms with Crippen molar-refractivity contribution < 1.29 is 10.2 Å². The molecular weight excluding hydrogens is 202 g/mol. The molecule has 2 rings (SSSR count). The van der Waals surface area contributed by atoms with E-state index in [-0.39, 0.29) is 6.61 Å². The van der Waals surface area contributed by atoms with Crippen LogP contribution < -0.4 is 5.32 Å². The van der Waals surface area contributed by atoms with Gasteiger partial charge in [0.05, 0.1) is 12.7 Å². The van der Waals surface area contributed by atoms with E-state index >= 15 is 0 Å². The number of rotatable bonds is 5. The van der Waals surface area contributed by atoms with E-state index < -0.39 is 6.10 Å². The Hall–Kier alpha value is -0.900. The Labute approximate surface area is 96.1 Å². The second-order valence-corrected chi connectivity index (χ2v) is 4.33. The third kappa shape index (κ3) is 2.61. The predicted octanol–water partition coefficient (Wildman–Crippen LogP) is 0.791. The lowest BCUT2D eigenvalue weighted by Gasteiger charge is -2.13. The number of hydrogen-bond acceptors (Lipinski definition) is 3. The van der Waals surface area contributed by atoms with Crippen LogP contribution in [0.5, 0.6) is 0 Å². The molecule has 0 aromatic heterocycles. The molecule has 1 atom stereocenters. The van der Waals surface area contributed by atoms with Gasteiger partial charge < -0.3 is 15.5 Å². The van der Waals surface area contributed by atoms with Crippen molar-refractivity contribution in [2.24, 2.45) is 0 Å². The van der Waals surface area contributed by atoms with Crippen molar-refractivity contribution in [1.29, 1.82) is 0 Å². The van der Waals surface area contributed by atoms with Crippen molar-refractivity contribution in [2.75, 3.05) is 19.7 Å². The van der Waals surface area contributed by atoms with E-state index in [1.54, 1.807) is 0 Å². The Morgan fingerprint density at radius 1 is 1.25 bits per heavy atom. The molecule has 0 radical (unpaired) electrons. The molecule has 0 spiro atoms. The lowest BCUT2D eigenvalue weighted by molar-refractivity contribution is 0.171. The summed E-state index contributed by atoms with van der Waals surface area (Å²) in [4.78, 5) is 0. The van der Waals surface area contributed by atoms with E-state index in [1.807, 2.05) is 6.07 Å². The van der Waals surface area contributed by atoms with E-state index in [2.05, 4.69) is 17.4 Å². The first-order valence-electron chi connectivity index (χ1n) is 5.92. The minimum Gasteiger partial charge on any atom is -0.395 e. The predicted molar refractivity (Wildman–Crippen MR) is 63.4 cm³/mol. The Morgan fingerprint density at radius 3 is 2.88 bits per heavy atom. The first kappa shape index (κ1) is 11.6. The first-order valence-corrected chi connectivity index (χ1v) is 5.92. The molecule has 1 unspecified atom stereocenters. The summed E-state index contributed by atoms with van der Waals surface area (Å²) < 4.78 is 0. The highest BCUT2D eigenvalue weighted by atomic mass is 16.3. The van der Waals surface area contributed by atoms with Gasteiger partial charge in [-0.1, -0.05) is 18.2 Å². The minimum atomic E-state index is -0.475. The van der Waals surface area contributed by atoms with Gasteiger partial charge in [-0.25, -0.2) is 0 Å². The first-order chi connectivity index (χ1) is 7.81. The number of aryl methyl sites for hydroxylation is 2. The zero-order valence-corrected chi connectivity index (χ0v) is 9.45. The maximum absolute atomic E-state index is 9.93. The summed E-state index contributed by atoms with van der Waals surface area (Å²) in [7, 11) is 0. The summed E-state index contributed by atoms with van der Waals surface area (Å²) >= 11 is 0. The van der Waals surface area contributed by atoms with Gasteiger partial charge in [0.1, 0.15) is 0 Å². The summed E-state index contributed by atoms with van der Waals surface area (Å²) in [5.74, 6) is 0. The summed E-state index contributed by atoms with van der Waals surface area (Å²) in [5, 5.41) is 21.6. The highest BCUT2D eigenvalue weighted by Gasteiger charge is 2.13. The van der Waals surface area contributed by atoms with Crippen LogP contribution in [0.2, 0.25) is 0 Å². The summed E-state index contributed by atoms with van der Waals surface area (Å²) in [6, 6.07) is 6.26. The van der Waals surface area contributed by atoms with Crippen LogP contribution in [-0.4, -0.2) is 29.9 Å². The van der Waals surface area contributed by atoms with Gasteiger partial charge in [0.2, 0.25) is 0 Å². The van der Waals surface area contributed by atoms with Gasteiger partial charge >= 0.3 is 0 Å². The van der Waals surface area contributed by atoms with E-state index in [1.165, 1.54) is 24.0 Å². The minimum absolute atomic E-state index is 0.108. The average Bonchev–Trinajstić information content (AvgIpc) is 2.76. The van der Waals surface area contributed by atoms with Crippen LogP contribution >= 0.6 is 0 Å². The fourth-order valence-electron chi connectivity index (χ4n) is 2.23. The summed E-state index contributed by atoms with van der Waals surface area (Å²) in [6.45, 7) is 1.14. The third-order valence-electron chi connectivity index (χ3n) is 3.13.